The maximum atomic E-state index is 12.4. The molecular weight excluding hydrogens is 462 g/mol. The number of carboxylic acids is 1. The number of aromatic nitrogens is 5. The van der Waals surface area contributed by atoms with Gasteiger partial charge in [-0.15, -0.1) is 5.10 Å². The third kappa shape index (κ3) is 4.51. The molecule has 0 saturated carbocycles. The summed E-state index contributed by atoms with van der Waals surface area (Å²) < 4.78 is 11.7. The first-order valence-corrected chi connectivity index (χ1v) is 11.2. The first-order valence-electron chi connectivity index (χ1n) is 11.2. The maximum Gasteiger partial charge on any atom is 0.349 e. The minimum atomic E-state index is -1.14. The molecule has 2 heterocycles. The second kappa shape index (κ2) is 9.71. The van der Waals surface area contributed by atoms with Crippen LogP contribution in [0.2, 0.25) is 0 Å². The lowest BCUT2D eigenvalue weighted by Crippen LogP contribution is -2.18. The van der Waals surface area contributed by atoms with E-state index < -0.39 is 17.6 Å². The number of carboxylic acid groups (broad SMARTS) is 1. The number of benzene rings is 3. The van der Waals surface area contributed by atoms with Gasteiger partial charge >= 0.3 is 5.97 Å². The summed E-state index contributed by atoms with van der Waals surface area (Å²) in [5.74, 6) is 0.163. The Hall–Kier alpha value is -4.99. The number of ether oxygens (including phenoxy) is 2. The Kier molecular flexibility index (Phi) is 6.14. The van der Waals surface area contributed by atoms with Crippen LogP contribution in [0.4, 0.5) is 0 Å². The SMILES string of the molecule is CCOc1cc(-c2cccc(OC(C(=O)O)c3ccccc3)c2)ccc1-c1nc2[nH]nnc2c(=O)[nH]1. The molecule has 36 heavy (non-hydrogen) atoms. The second-order valence-electron chi connectivity index (χ2n) is 7.84. The molecule has 0 fully saturated rings. The summed E-state index contributed by atoms with van der Waals surface area (Å²) in [7, 11) is 0. The van der Waals surface area contributed by atoms with Crippen molar-refractivity contribution in [1.82, 2.24) is 25.4 Å². The molecule has 180 valence electrons. The number of hydrogen-bond acceptors (Lipinski definition) is 7. The van der Waals surface area contributed by atoms with E-state index in [2.05, 4.69) is 25.4 Å². The molecule has 0 aliphatic rings. The first-order chi connectivity index (χ1) is 17.5. The summed E-state index contributed by atoms with van der Waals surface area (Å²) in [6, 6.07) is 21.4. The molecule has 0 bridgehead atoms. The van der Waals surface area contributed by atoms with Crippen molar-refractivity contribution in [3.05, 3.63) is 88.7 Å². The van der Waals surface area contributed by atoms with Gasteiger partial charge in [0.25, 0.3) is 5.56 Å². The van der Waals surface area contributed by atoms with Crippen molar-refractivity contribution in [2.45, 2.75) is 13.0 Å². The molecule has 1 unspecified atom stereocenters. The molecule has 1 atom stereocenters. The van der Waals surface area contributed by atoms with Crippen molar-refractivity contribution in [2.75, 3.05) is 6.61 Å². The highest BCUT2D eigenvalue weighted by molar-refractivity contribution is 5.77. The van der Waals surface area contributed by atoms with Gasteiger partial charge in [0.1, 0.15) is 17.3 Å². The van der Waals surface area contributed by atoms with E-state index in [1.54, 1.807) is 48.5 Å². The Morgan fingerprint density at radius 3 is 2.61 bits per heavy atom. The molecule has 10 nitrogen and oxygen atoms in total. The van der Waals surface area contributed by atoms with Crippen LogP contribution in [-0.2, 0) is 4.79 Å². The molecule has 0 spiro atoms. The van der Waals surface area contributed by atoms with E-state index in [0.29, 0.717) is 35.1 Å². The van der Waals surface area contributed by atoms with Crippen molar-refractivity contribution < 1.29 is 19.4 Å². The number of nitrogens with zero attached hydrogens (tertiary/aromatic N) is 3. The lowest BCUT2D eigenvalue weighted by Gasteiger charge is -2.16. The van der Waals surface area contributed by atoms with E-state index in [-0.39, 0.29) is 11.2 Å². The fourth-order valence-corrected chi connectivity index (χ4v) is 3.83. The van der Waals surface area contributed by atoms with Gasteiger partial charge in [0.2, 0.25) is 6.10 Å². The summed E-state index contributed by atoms with van der Waals surface area (Å²) in [5.41, 5.74) is 2.74. The summed E-state index contributed by atoms with van der Waals surface area (Å²) in [5, 5.41) is 19.7. The highest BCUT2D eigenvalue weighted by Crippen LogP contribution is 2.34. The Labute approximate surface area is 204 Å². The number of carbonyl (C=O) groups is 1. The molecule has 5 rings (SSSR count). The third-order valence-electron chi connectivity index (χ3n) is 5.49. The molecular formula is C26H21N5O5. The fourth-order valence-electron chi connectivity index (χ4n) is 3.83. The molecule has 0 amide bonds. The van der Waals surface area contributed by atoms with Crippen LogP contribution in [0.1, 0.15) is 18.6 Å². The van der Waals surface area contributed by atoms with E-state index >= 15 is 0 Å². The van der Waals surface area contributed by atoms with Crippen LogP contribution in [0, 0.1) is 0 Å². The molecule has 2 aromatic heterocycles. The average Bonchev–Trinajstić information content (AvgIpc) is 3.37. The Bertz CT molecular complexity index is 1600. The number of rotatable bonds is 8. The molecule has 3 aromatic carbocycles. The first kappa shape index (κ1) is 22.8. The Balaban J connectivity index is 1.49. The van der Waals surface area contributed by atoms with E-state index in [4.69, 9.17) is 9.47 Å². The number of nitrogens with one attached hydrogen (secondary N) is 2. The van der Waals surface area contributed by atoms with Gasteiger partial charge in [-0.05, 0) is 42.3 Å². The standard InChI is InChI=1S/C26H21N5O5/c1-2-35-20-14-17(11-12-19(20)23-27-24-21(25(32)28-23)29-31-30-24)16-9-6-10-18(13-16)36-22(26(33)34)15-7-4-3-5-8-15/h3-14,22H,2H2,1H3,(H,33,34)(H2,27,28,29,30,31,32). The predicted molar refractivity (Wildman–Crippen MR) is 132 cm³/mol. The van der Waals surface area contributed by atoms with Gasteiger partial charge in [0, 0.05) is 5.56 Å². The molecule has 0 saturated heterocycles. The summed E-state index contributed by atoms with van der Waals surface area (Å²) in [4.78, 5) is 31.3. The topological polar surface area (TPSA) is 143 Å². The largest absolute Gasteiger partial charge is 0.493 e. The number of aliphatic carboxylic acids is 1. The van der Waals surface area contributed by atoms with E-state index in [0.717, 1.165) is 11.1 Å². The minimum Gasteiger partial charge on any atom is -0.493 e. The average molecular weight is 483 g/mol. The quantitative estimate of drug-likeness (QED) is 0.301. The Morgan fingerprint density at radius 1 is 1.03 bits per heavy atom. The molecule has 3 N–H and O–H groups in total. The van der Waals surface area contributed by atoms with Crippen molar-refractivity contribution in [2.24, 2.45) is 0 Å². The molecule has 0 aliphatic carbocycles. The van der Waals surface area contributed by atoms with Crippen molar-refractivity contribution in [3.8, 4) is 34.0 Å². The van der Waals surface area contributed by atoms with Crippen LogP contribution in [0.5, 0.6) is 11.5 Å². The van der Waals surface area contributed by atoms with Crippen molar-refractivity contribution in [3.63, 3.8) is 0 Å². The van der Waals surface area contributed by atoms with Crippen LogP contribution in [0.3, 0.4) is 0 Å². The lowest BCUT2D eigenvalue weighted by atomic mass is 10.0. The van der Waals surface area contributed by atoms with Gasteiger partial charge < -0.3 is 19.6 Å². The van der Waals surface area contributed by atoms with Gasteiger partial charge in [-0.1, -0.05) is 53.7 Å². The number of fused-ring (bicyclic) bond motifs is 1. The highest BCUT2D eigenvalue weighted by atomic mass is 16.5. The van der Waals surface area contributed by atoms with Crippen LogP contribution in [-0.4, -0.2) is 43.1 Å². The second-order valence-corrected chi connectivity index (χ2v) is 7.84. The van der Waals surface area contributed by atoms with E-state index in [1.807, 2.05) is 31.2 Å². The summed E-state index contributed by atoms with van der Waals surface area (Å²) >= 11 is 0. The van der Waals surface area contributed by atoms with Gasteiger partial charge in [0.15, 0.2) is 11.2 Å². The zero-order valence-electron chi connectivity index (χ0n) is 19.1. The van der Waals surface area contributed by atoms with Crippen molar-refractivity contribution >= 4 is 17.1 Å². The molecule has 5 aromatic rings. The zero-order chi connectivity index (χ0) is 25.1. The van der Waals surface area contributed by atoms with Crippen molar-refractivity contribution in [1.29, 1.82) is 0 Å². The minimum absolute atomic E-state index is 0.125. The summed E-state index contributed by atoms with van der Waals surface area (Å²) in [6.45, 7) is 2.26. The van der Waals surface area contributed by atoms with Gasteiger partial charge in [-0.2, -0.15) is 0 Å². The van der Waals surface area contributed by atoms with E-state index in [9.17, 15) is 14.7 Å². The molecule has 10 heteroatoms. The van der Waals surface area contributed by atoms with Gasteiger partial charge in [-0.25, -0.2) is 14.9 Å². The molecule has 0 aliphatic heterocycles. The maximum absolute atomic E-state index is 12.4. The molecule has 0 radical (unpaired) electrons. The zero-order valence-corrected chi connectivity index (χ0v) is 19.1. The third-order valence-corrected chi connectivity index (χ3v) is 5.49. The van der Waals surface area contributed by atoms with Crippen LogP contribution in [0.15, 0.2) is 77.6 Å². The van der Waals surface area contributed by atoms with Gasteiger partial charge in [-0.3, -0.25) is 4.79 Å². The predicted octanol–water partition coefficient (Wildman–Crippen LogP) is 3.98. The fraction of sp³-hybridized carbons (Fsp3) is 0.115. The van der Waals surface area contributed by atoms with Crippen LogP contribution >= 0.6 is 0 Å². The lowest BCUT2D eigenvalue weighted by molar-refractivity contribution is -0.145. The number of hydrogen-bond donors (Lipinski definition) is 3. The Morgan fingerprint density at radius 2 is 1.83 bits per heavy atom. The van der Waals surface area contributed by atoms with E-state index in [1.165, 1.54) is 0 Å². The van der Waals surface area contributed by atoms with Crippen LogP contribution < -0.4 is 15.0 Å². The van der Waals surface area contributed by atoms with Crippen LogP contribution in [0.25, 0.3) is 33.7 Å². The highest BCUT2D eigenvalue weighted by Gasteiger charge is 2.22. The monoisotopic (exact) mass is 483 g/mol. The number of H-pyrrole nitrogens is 2. The normalized spacial score (nSPS) is 11.8. The summed E-state index contributed by atoms with van der Waals surface area (Å²) in [6.07, 6.45) is -1.14. The number of aromatic amines is 2. The smallest absolute Gasteiger partial charge is 0.349 e. The van der Waals surface area contributed by atoms with Gasteiger partial charge in [0.05, 0.1) is 12.2 Å².